The van der Waals surface area contributed by atoms with E-state index in [1.807, 2.05) is 28.9 Å². The van der Waals surface area contributed by atoms with Gasteiger partial charge in [-0.05, 0) is 32.0 Å². The van der Waals surface area contributed by atoms with Crippen LogP contribution < -0.4 is 5.43 Å². The highest BCUT2D eigenvalue weighted by Crippen LogP contribution is 2.21. The molecule has 0 spiro atoms. The van der Waals surface area contributed by atoms with Gasteiger partial charge in [-0.15, -0.1) is 0 Å². The number of nitrogens with zero attached hydrogens (tertiary/aromatic N) is 3. The second kappa shape index (κ2) is 4.14. The second-order valence-electron chi connectivity index (χ2n) is 4.34. The average molecular weight is 238 g/mol. The number of benzene rings is 1. The molecule has 0 aliphatic carbocycles. The zero-order chi connectivity index (χ0) is 12.5. The van der Waals surface area contributed by atoms with Gasteiger partial charge in [-0.1, -0.05) is 18.2 Å². The van der Waals surface area contributed by atoms with Gasteiger partial charge in [0.25, 0.3) is 0 Å². The van der Waals surface area contributed by atoms with E-state index >= 15 is 0 Å². The van der Waals surface area contributed by atoms with Crippen molar-refractivity contribution in [3.8, 4) is 0 Å². The first-order valence-corrected chi connectivity index (χ1v) is 5.88. The number of nitrogens with one attached hydrogen (secondary N) is 1. The molecule has 0 aliphatic rings. The number of aryl methyl sites for hydroxylation is 2. The maximum atomic E-state index is 4.12. The fraction of sp³-hybridized carbons (Fsp3) is 0.143. The van der Waals surface area contributed by atoms with Crippen molar-refractivity contribution >= 4 is 16.6 Å². The lowest BCUT2D eigenvalue weighted by atomic mass is 10.2. The molecule has 0 radical (unpaired) electrons. The lowest BCUT2D eigenvalue weighted by Gasteiger charge is -2.13. The summed E-state index contributed by atoms with van der Waals surface area (Å²) >= 11 is 0. The van der Waals surface area contributed by atoms with E-state index in [9.17, 15) is 0 Å². The Morgan fingerprint density at radius 3 is 2.50 bits per heavy atom. The van der Waals surface area contributed by atoms with Crippen LogP contribution in [0.25, 0.3) is 10.9 Å². The third-order valence-corrected chi connectivity index (χ3v) is 3.05. The first-order valence-electron chi connectivity index (χ1n) is 5.88. The van der Waals surface area contributed by atoms with Crippen LogP contribution in [-0.4, -0.2) is 14.9 Å². The third kappa shape index (κ3) is 1.72. The Bertz CT molecular complexity index is 675. The number of anilines is 1. The van der Waals surface area contributed by atoms with Gasteiger partial charge in [0.1, 0.15) is 0 Å². The molecule has 0 fully saturated rings. The molecule has 18 heavy (non-hydrogen) atoms. The first-order chi connectivity index (χ1) is 8.75. The van der Waals surface area contributed by atoms with Crippen molar-refractivity contribution in [1.29, 1.82) is 0 Å². The summed E-state index contributed by atoms with van der Waals surface area (Å²) in [7, 11) is 0. The monoisotopic (exact) mass is 238 g/mol. The molecule has 90 valence electrons. The van der Waals surface area contributed by atoms with Gasteiger partial charge in [-0.3, -0.25) is 10.1 Å². The molecule has 1 N–H and O–H groups in total. The fourth-order valence-electron chi connectivity index (χ4n) is 2.06. The summed E-state index contributed by atoms with van der Waals surface area (Å²) in [5.41, 5.74) is 7.55. The predicted molar refractivity (Wildman–Crippen MR) is 72.5 cm³/mol. The number of hydrogen-bond donors (Lipinski definition) is 1. The van der Waals surface area contributed by atoms with E-state index in [0.29, 0.717) is 0 Å². The van der Waals surface area contributed by atoms with E-state index in [-0.39, 0.29) is 0 Å². The Balaban J connectivity index is 2.11. The molecule has 1 aromatic carbocycles. The molecule has 0 aliphatic heterocycles. The van der Waals surface area contributed by atoms with E-state index in [1.54, 1.807) is 6.20 Å². The summed E-state index contributed by atoms with van der Waals surface area (Å²) in [5.74, 6) is 0. The van der Waals surface area contributed by atoms with Gasteiger partial charge in [0, 0.05) is 16.8 Å². The van der Waals surface area contributed by atoms with Gasteiger partial charge in [0.15, 0.2) is 0 Å². The van der Waals surface area contributed by atoms with Gasteiger partial charge >= 0.3 is 0 Å². The Hall–Kier alpha value is -2.36. The standard InChI is InChI=1S/C14H14N4/c1-10-7-8-11(2)18(10)17-14-9-15-16-13-6-4-3-5-12(13)14/h3-9H,1-2H3,(H,16,17). The van der Waals surface area contributed by atoms with Crippen LogP contribution in [0.2, 0.25) is 0 Å². The van der Waals surface area contributed by atoms with E-state index in [4.69, 9.17) is 0 Å². The average Bonchev–Trinajstić information content (AvgIpc) is 2.71. The minimum Gasteiger partial charge on any atom is -0.292 e. The quantitative estimate of drug-likeness (QED) is 0.746. The van der Waals surface area contributed by atoms with Crippen molar-refractivity contribution in [3.63, 3.8) is 0 Å². The van der Waals surface area contributed by atoms with Crippen LogP contribution in [0.4, 0.5) is 5.69 Å². The molecule has 4 heteroatoms. The zero-order valence-electron chi connectivity index (χ0n) is 10.4. The topological polar surface area (TPSA) is 42.7 Å². The third-order valence-electron chi connectivity index (χ3n) is 3.05. The van der Waals surface area contributed by atoms with Crippen molar-refractivity contribution < 1.29 is 0 Å². The van der Waals surface area contributed by atoms with Crippen molar-refractivity contribution in [2.75, 3.05) is 5.43 Å². The van der Waals surface area contributed by atoms with E-state index in [0.717, 1.165) is 28.0 Å². The van der Waals surface area contributed by atoms with Crippen molar-refractivity contribution in [3.05, 3.63) is 54.0 Å². The summed E-state index contributed by atoms with van der Waals surface area (Å²) in [5, 5.41) is 9.21. The Kier molecular flexibility index (Phi) is 2.48. The highest BCUT2D eigenvalue weighted by atomic mass is 15.4. The van der Waals surface area contributed by atoms with E-state index in [1.165, 1.54) is 0 Å². The molecule has 0 saturated heterocycles. The molecule has 4 nitrogen and oxygen atoms in total. The molecule has 0 atom stereocenters. The largest absolute Gasteiger partial charge is 0.292 e. The van der Waals surface area contributed by atoms with E-state index in [2.05, 4.69) is 41.6 Å². The predicted octanol–water partition coefficient (Wildman–Crippen LogP) is 2.92. The van der Waals surface area contributed by atoms with Crippen LogP contribution >= 0.6 is 0 Å². The highest BCUT2D eigenvalue weighted by Gasteiger charge is 2.05. The van der Waals surface area contributed by atoms with Crippen molar-refractivity contribution in [2.45, 2.75) is 13.8 Å². The summed E-state index contributed by atoms with van der Waals surface area (Å²) in [6, 6.07) is 12.1. The Labute approximate surface area is 105 Å². The maximum Gasteiger partial charge on any atom is 0.0951 e. The van der Waals surface area contributed by atoms with Crippen LogP contribution in [0.5, 0.6) is 0 Å². The zero-order valence-corrected chi connectivity index (χ0v) is 10.4. The van der Waals surface area contributed by atoms with E-state index < -0.39 is 0 Å². The molecule has 0 bridgehead atoms. The first kappa shape index (κ1) is 10.8. The van der Waals surface area contributed by atoms with Crippen molar-refractivity contribution in [2.24, 2.45) is 0 Å². The highest BCUT2D eigenvalue weighted by molar-refractivity contribution is 5.90. The maximum absolute atomic E-state index is 4.12. The van der Waals surface area contributed by atoms with Gasteiger partial charge in [0.2, 0.25) is 0 Å². The van der Waals surface area contributed by atoms with Crippen molar-refractivity contribution in [1.82, 2.24) is 14.9 Å². The molecular weight excluding hydrogens is 224 g/mol. The summed E-state index contributed by atoms with van der Waals surface area (Å²) in [6.07, 6.45) is 1.75. The van der Waals surface area contributed by atoms with Crippen LogP contribution in [0, 0.1) is 13.8 Å². The summed E-state index contributed by atoms with van der Waals surface area (Å²) in [6.45, 7) is 4.13. The SMILES string of the molecule is Cc1ccc(C)n1Nc1cnnc2ccccc12. The Morgan fingerprint density at radius 2 is 1.72 bits per heavy atom. The van der Waals surface area contributed by atoms with Crippen LogP contribution in [0.15, 0.2) is 42.6 Å². The molecule has 2 heterocycles. The lowest BCUT2D eigenvalue weighted by Crippen LogP contribution is -2.12. The normalized spacial score (nSPS) is 10.8. The smallest absolute Gasteiger partial charge is 0.0951 e. The fourth-order valence-corrected chi connectivity index (χ4v) is 2.06. The minimum absolute atomic E-state index is 0.893. The minimum atomic E-state index is 0.893. The van der Waals surface area contributed by atoms with Gasteiger partial charge in [0.05, 0.1) is 17.4 Å². The Morgan fingerprint density at radius 1 is 1.00 bits per heavy atom. The van der Waals surface area contributed by atoms with Gasteiger partial charge in [-0.2, -0.15) is 10.2 Å². The lowest BCUT2D eigenvalue weighted by molar-refractivity contribution is 0.879. The van der Waals surface area contributed by atoms with Crippen LogP contribution in [0.3, 0.4) is 0 Å². The molecule has 0 saturated carbocycles. The van der Waals surface area contributed by atoms with Crippen LogP contribution in [-0.2, 0) is 0 Å². The van der Waals surface area contributed by atoms with Gasteiger partial charge in [-0.25, -0.2) is 0 Å². The summed E-state index contributed by atoms with van der Waals surface area (Å²) < 4.78 is 2.05. The molecular formula is C14H14N4. The number of fused-ring (bicyclic) bond motifs is 1. The van der Waals surface area contributed by atoms with Crippen LogP contribution in [0.1, 0.15) is 11.4 Å². The van der Waals surface area contributed by atoms with Gasteiger partial charge < -0.3 is 0 Å². The molecule has 0 amide bonds. The number of aromatic nitrogens is 3. The summed E-state index contributed by atoms with van der Waals surface area (Å²) in [4.78, 5) is 0. The number of rotatable bonds is 2. The molecule has 3 aromatic rings. The molecule has 2 aromatic heterocycles. The second-order valence-corrected chi connectivity index (χ2v) is 4.34. The number of hydrogen-bond acceptors (Lipinski definition) is 3. The molecule has 3 rings (SSSR count). The molecule has 0 unspecified atom stereocenters.